The number of rotatable bonds is 3. The van der Waals surface area contributed by atoms with Crippen molar-refractivity contribution in [3.63, 3.8) is 0 Å². The number of sulfone groups is 1. The quantitative estimate of drug-likeness (QED) is 0.752. The van der Waals surface area contributed by atoms with Gasteiger partial charge in [0, 0.05) is 10.4 Å². The van der Waals surface area contributed by atoms with Crippen LogP contribution in [0.1, 0.15) is 28.6 Å². The Hall–Kier alpha value is -2.26. The van der Waals surface area contributed by atoms with E-state index < -0.39 is 15.8 Å². The van der Waals surface area contributed by atoms with Crippen LogP contribution in [0, 0.1) is 6.92 Å². The first kappa shape index (κ1) is 16.2. The van der Waals surface area contributed by atoms with Crippen molar-refractivity contribution in [2.45, 2.75) is 19.4 Å². The van der Waals surface area contributed by atoms with Gasteiger partial charge in [0.15, 0.2) is 21.2 Å². The molecule has 0 saturated carbocycles. The van der Waals surface area contributed by atoms with Crippen molar-refractivity contribution in [1.29, 1.82) is 0 Å². The number of aromatic carboxylic acids is 1. The fraction of sp³-hybridized carbons (Fsp3) is 0.312. The summed E-state index contributed by atoms with van der Waals surface area (Å²) in [5, 5.41) is 16.6. The minimum Gasteiger partial charge on any atom is -0.477 e. The zero-order valence-corrected chi connectivity index (χ0v) is 15.0. The average Bonchev–Trinajstić information content (AvgIpc) is 3.26. The average molecular weight is 377 g/mol. The van der Waals surface area contributed by atoms with Crippen molar-refractivity contribution in [3.8, 4) is 10.4 Å². The number of hydrogen-bond donors (Lipinski definition) is 1. The van der Waals surface area contributed by atoms with Crippen LogP contribution in [-0.2, 0) is 9.84 Å². The van der Waals surface area contributed by atoms with E-state index in [2.05, 4.69) is 10.1 Å². The second-order valence-electron chi connectivity index (χ2n) is 6.12. The molecule has 1 N–H and O–H groups in total. The Morgan fingerprint density at radius 3 is 2.84 bits per heavy atom. The second-order valence-corrected chi connectivity index (χ2v) is 9.30. The molecule has 130 valence electrons. The maximum absolute atomic E-state index is 11.8. The van der Waals surface area contributed by atoms with Gasteiger partial charge in [-0.2, -0.15) is 5.10 Å². The summed E-state index contributed by atoms with van der Waals surface area (Å²) in [5.41, 5.74) is 1.84. The zero-order chi connectivity index (χ0) is 17.8. The fourth-order valence-corrected chi connectivity index (χ4v) is 5.71. The summed E-state index contributed by atoms with van der Waals surface area (Å²) < 4.78 is 25.3. The smallest absolute Gasteiger partial charge is 0.354 e. The number of thiophene rings is 1. The molecule has 0 bridgehead atoms. The normalized spacial score (nSPS) is 19.5. The Balaban J connectivity index is 1.99. The van der Waals surface area contributed by atoms with Gasteiger partial charge in [-0.05, 0) is 30.9 Å². The molecule has 0 radical (unpaired) electrons. The molecule has 0 aliphatic carbocycles. The van der Waals surface area contributed by atoms with Gasteiger partial charge in [0.25, 0.3) is 0 Å². The molecule has 0 unspecified atom stereocenters. The number of fused-ring (bicyclic) bond motifs is 1. The lowest BCUT2D eigenvalue weighted by Gasteiger charge is -2.10. The molecule has 0 spiro atoms. The van der Waals surface area contributed by atoms with E-state index in [4.69, 9.17) is 0 Å². The van der Waals surface area contributed by atoms with Gasteiger partial charge in [0.05, 0.1) is 28.6 Å². The van der Waals surface area contributed by atoms with Crippen LogP contribution in [0.15, 0.2) is 23.6 Å². The molecule has 1 fully saturated rings. The number of aryl methyl sites for hydroxylation is 1. The largest absolute Gasteiger partial charge is 0.477 e. The van der Waals surface area contributed by atoms with E-state index >= 15 is 0 Å². The van der Waals surface area contributed by atoms with Crippen molar-refractivity contribution in [2.24, 2.45) is 0 Å². The van der Waals surface area contributed by atoms with Crippen LogP contribution in [0.3, 0.4) is 0 Å². The molecule has 4 rings (SSSR count). The van der Waals surface area contributed by atoms with Gasteiger partial charge in [-0.3, -0.25) is 0 Å². The molecule has 3 aromatic heterocycles. The van der Waals surface area contributed by atoms with Gasteiger partial charge in [-0.25, -0.2) is 22.9 Å². The van der Waals surface area contributed by atoms with Gasteiger partial charge in [0.1, 0.15) is 0 Å². The summed E-state index contributed by atoms with van der Waals surface area (Å²) in [7, 11) is -3.09. The Kier molecular flexibility index (Phi) is 3.66. The van der Waals surface area contributed by atoms with Gasteiger partial charge in [-0.1, -0.05) is 6.07 Å². The first-order chi connectivity index (χ1) is 11.9. The highest BCUT2D eigenvalue weighted by Crippen LogP contribution is 2.36. The van der Waals surface area contributed by atoms with Gasteiger partial charge < -0.3 is 5.11 Å². The number of pyridine rings is 1. The Labute approximate surface area is 147 Å². The minimum atomic E-state index is -3.09. The lowest BCUT2D eigenvalue weighted by molar-refractivity contribution is 0.0691. The van der Waals surface area contributed by atoms with E-state index in [1.807, 2.05) is 24.4 Å². The molecule has 25 heavy (non-hydrogen) atoms. The zero-order valence-electron chi connectivity index (χ0n) is 13.3. The highest BCUT2D eigenvalue weighted by molar-refractivity contribution is 7.91. The van der Waals surface area contributed by atoms with E-state index in [-0.39, 0.29) is 23.2 Å². The van der Waals surface area contributed by atoms with Crippen LogP contribution in [0.5, 0.6) is 0 Å². The van der Waals surface area contributed by atoms with Crippen LogP contribution in [0.2, 0.25) is 0 Å². The molecule has 0 aromatic carbocycles. The van der Waals surface area contributed by atoms with Crippen molar-refractivity contribution >= 4 is 38.2 Å². The number of hydrogen-bond acceptors (Lipinski definition) is 6. The summed E-state index contributed by atoms with van der Waals surface area (Å²) in [4.78, 5) is 16.7. The molecule has 1 aliphatic rings. The van der Waals surface area contributed by atoms with E-state index in [1.165, 1.54) is 11.3 Å². The number of carbonyl (C=O) groups is 1. The first-order valence-electron chi connectivity index (χ1n) is 7.73. The molecule has 1 saturated heterocycles. The Morgan fingerprint density at radius 1 is 1.44 bits per heavy atom. The maximum Gasteiger partial charge on any atom is 0.354 e. The monoisotopic (exact) mass is 377 g/mol. The molecule has 0 amide bonds. The van der Waals surface area contributed by atoms with Gasteiger partial charge in [0.2, 0.25) is 0 Å². The predicted molar refractivity (Wildman–Crippen MR) is 94.8 cm³/mol. The SMILES string of the molecule is Cc1nn([C@@H]2CCS(=O)(=O)C2)c2nc(C(=O)O)cc(-c3cccs3)c12. The van der Waals surface area contributed by atoms with Gasteiger partial charge >= 0.3 is 5.97 Å². The fourth-order valence-electron chi connectivity index (χ4n) is 3.27. The van der Waals surface area contributed by atoms with Crippen LogP contribution in [0.4, 0.5) is 0 Å². The standard InChI is InChI=1S/C16H15N3O4S2/c1-9-14-11(13-3-2-5-24-13)7-12(16(20)21)17-15(14)19(18-9)10-4-6-25(22,23)8-10/h2-3,5,7,10H,4,6,8H2,1H3,(H,20,21)/t10-/m1/s1. The van der Waals surface area contributed by atoms with Crippen LogP contribution >= 0.6 is 11.3 Å². The first-order valence-corrected chi connectivity index (χ1v) is 10.4. The van der Waals surface area contributed by atoms with Gasteiger partial charge in [-0.15, -0.1) is 11.3 Å². The molecule has 9 heteroatoms. The van der Waals surface area contributed by atoms with E-state index in [1.54, 1.807) is 10.7 Å². The summed E-state index contributed by atoms with van der Waals surface area (Å²) >= 11 is 1.51. The van der Waals surface area contributed by atoms with E-state index in [0.717, 1.165) is 15.8 Å². The third-order valence-electron chi connectivity index (χ3n) is 4.40. The molecular formula is C16H15N3O4S2. The molecule has 7 nitrogen and oxygen atoms in total. The van der Waals surface area contributed by atoms with Crippen molar-refractivity contribution < 1.29 is 18.3 Å². The van der Waals surface area contributed by atoms with Crippen LogP contribution in [-0.4, -0.2) is 45.8 Å². The lowest BCUT2D eigenvalue weighted by atomic mass is 10.1. The van der Waals surface area contributed by atoms with Crippen molar-refractivity contribution in [2.75, 3.05) is 11.5 Å². The summed E-state index contributed by atoms with van der Waals surface area (Å²) in [6.45, 7) is 1.83. The molecular weight excluding hydrogens is 362 g/mol. The molecule has 3 aromatic rings. The highest BCUT2D eigenvalue weighted by atomic mass is 32.2. The maximum atomic E-state index is 11.8. The highest BCUT2D eigenvalue weighted by Gasteiger charge is 2.32. The molecule has 4 heterocycles. The van der Waals surface area contributed by atoms with E-state index in [9.17, 15) is 18.3 Å². The second kappa shape index (κ2) is 5.63. The number of aromatic nitrogens is 3. The van der Waals surface area contributed by atoms with Crippen molar-refractivity contribution in [1.82, 2.24) is 14.8 Å². The van der Waals surface area contributed by atoms with Crippen molar-refractivity contribution in [3.05, 3.63) is 35.0 Å². The Morgan fingerprint density at radius 2 is 2.24 bits per heavy atom. The van der Waals surface area contributed by atoms with E-state index in [0.29, 0.717) is 17.8 Å². The topological polar surface area (TPSA) is 102 Å². The molecule has 1 aliphatic heterocycles. The third-order valence-corrected chi connectivity index (χ3v) is 7.05. The predicted octanol–water partition coefficient (Wildman–Crippen LogP) is 2.53. The number of carboxylic acid groups (broad SMARTS) is 1. The third kappa shape index (κ3) is 2.73. The number of carboxylic acids is 1. The number of nitrogens with zero attached hydrogens (tertiary/aromatic N) is 3. The lowest BCUT2D eigenvalue weighted by Crippen LogP contribution is -2.14. The Bertz CT molecular complexity index is 1080. The summed E-state index contributed by atoms with van der Waals surface area (Å²) in [6.07, 6.45) is 0.464. The summed E-state index contributed by atoms with van der Waals surface area (Å²) in [6, 6.07) is 5.06. The van der Waals surface area contributed by atoms with Crippen LogP contribution < -0.4 is 0 Å². The van der Waals surface area contributed by atoms with Crippen LogP contribution in [0.25, 0.3) is 21.5 Å². The summed E-state index contributed by atoms with van der Waals surface area (Å²) in [5.74, 6) is -0.991. The molecule has 1 atom stereocenters. The minimum absolute atomic E-state index is 0.0105.